The lowest BCUT2D eigenvalue weighted by molar-refractivity contribution is -0.152. The molecule has 1 heterocycles. The monoisotopic (exact) mass is 348 g/mol. The molecule has 6 heteroatoms. The van der Waals surface area contributed by atoms with E-state index in [1.54, 1.807) is 26.0 Å². The molecule has 25 heavy (non-hydrogen) atoms. The third-order valence-electron chi connectivity index (χ3n) is 5.24. The fourth-order valence-electron chi connectivity index (χ4n) is 3.55. The largest absolute Gasteiger partial charge is 0.497 e. The number of likely N-dealkylation sites (tertiary alicyclic amines) is 1. The zero-order valence-corrected chi connectivity index (χ0v) is 15.2. The number of methoxy groups -OCH3 is 2. The fraction of sp³-hybridized carbons (Fsp3) is 0.632. The molecule has 2 aliphatic rings. The Morgan fingerprint density at radius 3 is 2.40 bits per heavy atom. The van der Waals surface area contributed by atoms with E-state index in [4.69, 9.17) is 9.47 Å². The molecule has 1 aromatic carbocycles. The van der Waals surface area contributed by atoms with Gasteiger partial charge in [-0.3, -0.25) is 4.79 Å². The Bertz CT molecular complexity index is 606. The van der Waals surface area contributed by atoms with E-state index in [0.717, 1.165) is 42.9 Å². The third-order valence-corrected chi connectivity index (χ3v) is 5.24. The lowest BCUT2D eigenvalue weighted by Crippen LogP contribution is -2.53. The maximum atomic E-state index is 12.7. The van der Waals surface area contributed by atoms with Gasteiger partial charge in [0.05, 0.1) is 14.2 Å². The average Bonchev–Trinajstić information content (AvgIpc) is 3.46. The van der Waals surface area contributed by atoms with Crippen LogP contribution in [0.4, 0.5) is 5.69 Å². The highest BCUT2D eigenvalue weighted by atomic mass is 16.5. The van der Waals surface area contributed by atoms with E-state index in [-0.39, 0.29) is 17.9 Å². The van der Waals surface area contributed by atoms with Crippen molar-refractivity contribution in [3.63, 3.8) is 0 Å². The summed E-state index contributed by atoms with van der Waals surface area (Å²) in [5, 5.41) is 14.0. The number of aliphatic hydroxyl groups is 1. The number of carbonyl (C=O) groups excluding carboxylic acids is 1. The lowest BCUT2D eigenvalue weighted by atomic mass is 9.96. The molecule has 1 aromatic rings. The van der Waals surface area contributed by atoms with Crippen molar-refractivity contribution in [2.24, 2.45) is 5.92 Å². The van der Waals surface area contributed by atoms with Crippen LogP contribution in [0.25, 0.3) is 0 Å². The molecule has 0 unspecified atom stereocenters. The predicted molar refractivity (Wildman–Crippen MR) is 96.1 cm³/mol. The van der Waals surface area contributed by atoms with Gasteiger partial charge in [0.2, 0.25) is 0 Å². The Hall–Kier alpha value is -1.95. The smallest absolute Gasteiger partial charge is 0.254 e. The van der Waals surface area contributed by atoms with Crippen molar-refractivity contribution in [3.05, 3.63) is 18.2 Å². The number of rotatable bonds is 6. The minimum absolute atomic E-state index is 0.121. The molecule has 0 spiro atoms. The number of hydrogen-bond donors (Lipinski definition) is 2. The summed E-state index contributed by atoms with van der Waals surface area (Å²) in [6.45, 7) is 2.97. The Kier molecular flexibility index (Phi) is 5.08. The standard InChI is InChI=1S/C19H28N2O4/c1-19(23,13-6-7-13)18(22)21-8-4-5-14(12-21)20-15-9-16(24-2)11-17(10-15)25-3/h9-11,13-14,20,23H,4-8,12H2,1-3H3/t14-,19+/m1/s1. The van der Waals surface area contributed by atoms with Gasteiger partial charge in [-0.25, -0.2) is 0 Å². The first-order valence-electron chi connectivity index (χ1n) is 8.95. The molecule has 0 bridgehead atoms. The van der Waals surface area contributed by atoms with Crippen LogP contribution in [0, 0.1) is 5.92 Å². The van der Waals surface area contributed by atoms with E-state index in [2.05, 4.69) is 5.32 Å². The van der Waals surface area contributed by atoms with E-state index < -0.39 is 5.60 Å². The minimum atomic E-state index is -1.22. The highest BCUT2D eigenvalue weighted by Crippen LogP contribution is 2.40. The molecule has 1 aliphatic heterocycles. The van der Waals surface area contributed by atoms with Crippen LogP contribution < -0.4 is 14.8 Å². The minimum Gasteiger partial charge on any atom is -0.497 e. The molecule has 0 aromatic heterocycles. The van der Waals surface area contributed by atoms with E-state index in [1.165, 1.54) is 0 Å². The van der Waals surface area contributed by atoms with E-state index >= 15 is 0 Å². The van der Waals surface area contributed by atoms with E-state index in [1.807, 2.05) is 18.2 Å². The van der Waals surface area contributed by atoms with Crippen molar-refractivity contribution >= 4 is 11.6 Å². The molecule has 2 atom stereocenters. The van der Waals surface area contributed by atoms with Crippen LogP contribution in [0.3, 0.4) is 0 Å². The van der Waals surface area contributed by atoms with Crippen LogP contribution in [0.5, 0.6) is 11.5 Å². The zero-order valence-electron chi connectivity index (χ0n) is 15.2. The van der Waals surface area contributed by atoms with Crippen molar-refractivity contribution in [2.45, 2.75) is 44.2 Å². The van der Waals surface area contributed by atoms with Gasteiger partial charge in [0.15, 0.2) is 0 Å². The molecule has 1 amide bonds. The normalized spacial score (nSPS) is 22.9. The van der Waals surface area contributed by atoms with Crippen molar-refractivity contribution in [3.8, 4) is 11.5 Å². The van der Waals surface area contributed by atoms with Crippen LogP contribution in [0.1, 0.15) is 32.6 Å². The van der Waals surface area contributed by atoms with Gasteiger partial charge in [0.1, 0.15) is 17.1 Å². The van der Waals surface area contributed by atoms with Gasteiger partial charge in [0, 0.05) is 43.0 Å². The summed E-state index contributed by atoms with van der Waals surface area (Å²) < 4.78 is 10.6. The molecule has 0 radical (unpaired) electrons. The molecule has 2 N–H and O–H groups in total. The second-order valence-electron chi connectivity index (χ2n) is 7.26. The number of anilines is 1. The maximum Gasteiger partial charge on any atom is 0.254 e. The van der Waals surface area contributed by atoms with Crippen molar-refractivity contribution in [1.82, 2.24) is 4.90 Å². The average molecular weight is 348 g/mol. The Morgan fingerprint density at radius 2 is 1.84 bits per heavy atom. The second-order valence-corrected chi connectivity index (χ2v) is 7.26. The highest BCUT2D eigenvalue weighted by Gasteiger charge is 2.48. The van der Waals surface area contributed by atoms with Crippen molar-refractivity contribution < 1.29 is 19.4 Å². The molecule has 3 rings (SSSR count). The lowest BCUT2D eigenvalue weighted by Gasteiger charge is -2.37. The molecule has 6 nitrogen and oxygen atoms in total. The zero-order chi connectivity index (χ0) is 18.0. The fourth-order valence-corrected chi connectivity index (χ4v) is 3.55. The van der Waals surface area contributed by atoms with Crippen molar-refractivity contribution in [1.29, 1.82) is 0 Å². The molecule has 1 aliphatic carbocycles. The summed E-state index contributed by atoms with van der Waals surface area (Å²) in [5.41, 5.74) is -0.314. The summed E-state index contributed by atoms with van der Waals surface area (Å²) in [7, 11) is 3.25. The van der Waals surface area contributed by atoms with Crippen LogP contribution in [-0.2, 0) is 4.79 Å². The summed E-state index contributed by atoms with van der Waals surface area (Å²) in [4.78, 5) is 14.5. The highest BCUT2D eigenvalue weighted by molar-refractivity contribution is 5.85. The quantitative estimate of drug-likeness (QED) is 0.825. The molecule has 2 fully saturated rings. The summed E-state index contributed by atoms with van der Waals surface area (Å²) >= 11 is 0. The first-order chi connectivity index (χ1) is 11.9. The molecular formula is C19H28N2O4. The second kappa shape index (κ2) is 7.12. The number of nitrogens with zero attached hydrogens (tertiary/aromatic N) is 1. The predicted octanol–water partition coefficient (Wildman–Crippen LogP) is 2.27. The van der Waals surface area contributed by atoms with Gasteiger partial charge in [-0.05, 0) is 38.5 Å². The first kappa shape index (κ1) is 17.9. The van der Waals surface area contributed by atoms with Gasteiger partial charge >= 0.3 is 0 Å². The maximum absolute atomic E-state index is 12.7. The number of benzene rings is 1. The van der Waals surface area contributed by atoms with E-state index in [9.17, 15) is 9.90 Å². The van der Waals surface area contributed by atoms with Crippen LogP contribution in [0.15, 0.2) is 18.2 Å². The summed E-state index contributed by atoms with van der Waals surface area (Å²) in [6.07, 6.45) is 3.79. The number of piperidine rings is 1. The van der Waals surface area contributed by atoms with Gasteiger partial charge < -0.3 is 24.8 Å². The Balaban J connectivity index is 1.66. The van der Waals surface area contributed by atoms with Crippen LogP contribution in [-0.4, -0.2) is 54.9 Å². The topological polar surface area (TPSA) is 71.0 Å². The molecular weight excluding hydrogens is 320 g/mol. The van der Waals surface area contributed by atoms with E-state index in [0.29, 0.717) is 13.1 Å². The Morgan fingerprint density at radius 1 is 1.20 bits per heavy atom. The molecule has 138 valence electrons. The summed E-state index contributed by atoms with van der Waals surface area (Å²) in [5.74, 6) is 1.44. The molecule has 1 saturated carbocycles. The van der Waals surface area contributed by atoms with Gasteiger partial charge in [-0.15, -0.1) is 0 Å². The van der Waals surface area contributed by atoms with Gasteiger partial charge in [0.25, 0.3) is 5.91 Å². The summed E-state index contributed by atoms with van der Waals surface area (Å²) in [6, 6.07) is 5.81. The first-order valence-corrected chi connectivity index (χ1v) is 8.95. The van der Waals surface area contributed by atoms with Gasteiger partial charge in [-0.2, -0.15) is 0 Å². The SMILES string of the molecule is COc1cc(N[C@@H]2CCCN(C(=O)[C@@](C)(O)C3CC3)C2)cc(OC)c1. The third kappa shape index (κ3) is 4.00. The van der Waals surface area contributed by atoms with Crippen molar-refractivity contribution in [2.75, 3.05) is 32.6 Å². The number of carbonyl (C=O) groups is 1. The van der Waals surface area contributed by atoms with Crippen LogP contribution in [0.2, 0.25) is 0 Å². The number of nitrogens with one attached hydrogen (secondary N) is 1. The Labute approximate surface area is 149 Å². The van der Waals surface area contributed by atoms with Crippen LogP contribution >= 0.6 is 0 Å². The molecule has 1 saturated heterocycles. The van der Waals surface area contributed by atoms with Gasteiger partial charge in [-0.1, -0.05) is 0 Å². The number of amides is 1. The number of hydrogen-bond acceptors (Lipinski definition) is 5. The number of ether oxygens (including phenoxy) is 2.